The van der Waals surface area contributed by atoms with E-state index >= 15 is 0 Å². The zero-order valence-corrected chi connectivity index (χ0v) is 7.28. The van der Waals surface area contributed by atoms with Crippen LogP contribution in [-0.4, -0.2) is 16.2 Å². The minimum Gasteiger partial charge on any atom is -0.329 e. The summed E-state index contributed by atoms with van der Waals surface area (Å²) in [4.78, 5) is 3.17. The molecule has 50 valence electrons. The summed E-state index contributed by atoms with van der Waals surface area (Å²) >= 11 is 0. The van der Waals surface area contributed by atoms with Crippen molar-refractivity contribution >= 4 is 9.68 Å². The van der Waals surface area contributed by atoms with Crippen LogP contribution in [0.5, 0.6) is 0 Å². The first-order valence-electron chi connectivity index (χ1n) is 3.00. The molecule has 0 aliphatic rings. The van der Waals surface area contributed by atoms with Crippen LogP contribution in [0, 0.1) is 12.3 Å². The Labute approximate surface area is 60.1 Å². The lowest BCUT2D eigenvalue weighted by Crippen LogP contribution is -2.27. The molecule has 0 aliphatic heterocycles. The van der Waals surface area contributed by atoms with E-state index in [1.165, 1.54) is 0 Å². The molecule has 0 aromatic heterocycles. The van der Waals surface area contributed by atoms with Gasteiger partial charge in [0.15, 0.2) is 0 Å². The van der Waals surface area contributed by atoms with Gasteiger partial charge in [0.25, 0.3) is 0 Å². The average Bonchev–Trinajstić information content (AvgIpc) is 1.63. The van der Waals surface area contributed by atoms with Crippen molar-refractivity contribution in [2.45, 2.75) is 25.8 Å². The van der Waals surface area contributed by atoms with E-state index in [2.05, 4.69) is 31.7 Å². The van der Waals surface area contributed by atoms with Gasteiger partial charge < -0.3 is 4.98 Å². The molecule has 0 fully saturated rings. The topological polar surface area (TPSA) is 12.0 Å². The van der Waals surface area contributed by atoms with E-state index in [-0.39, 0.29) is 0 Å². The van der Waals surface area contributed by atoms with Gasteiger partial charge in [-0.25, -0.2) is 0 Å². The van der Waals surface area contributed by atoms with Crippen molar-refractivity contribution in [1.29, 1.82) is 0 Å². The number of hydrogen-bond acceptors (Lipinski definition) is 1. The molecule has 0 saturated heterocycles. The fraction of sp³-hybridized carbons (Fsp3) is 0.714. The first-order chi connectivity index (χ1) is 4.06. The highest BCUT2D eigenvalue weighted by atomic mass is 28.2. The highest BCUT2D eigenvalue weighted by Gasteiger charge is 2.09. The van der Waals surface area contributed by atoms with E-state index in [1.54, 1.807) is 0 Å². The first kappa shape index (κ1) is 8.74. The van der Waals surface area contributed by atoms with Gasteiger partial charge in [0, 0.05) is 0 Å². The third-order valence-corrected chi connectivity index (χ3v) is 1.76. The second-order valence-corrected chi connectivity index (χ2v) is 5.04. The van der Waals surface area contributed by atoms with Crippen molar-refractivity contribution in [1.82, 2.24) is 4.98 Å². The predicted octanol–water partition coefficient (Wildman–Crippen LogP) is 1.05. The van der Waals surface area contributed by atoms with Crippen LogP contribution in [0.2, 0.25) is 5.04 Å². The van der Waals surface area contributed by atoms with Gasteiger partial charge >= 0.3 is 0 Å². The van der Waals surface area contributed by atoms with Gasteiger partial charge in [-0.1, -0.05) is 26.7 Å². The minimum atomic E-state index is 0.372. The summed E-state index contributed by atoms with van der Waals surface area (Å²) in [7, 11) is 0.756. The fourth-order valence-corrected chi connectivity index (χ4v) is 1.08. The zero-order valence-electron chi connectivity index (χ0n) is 6.28. The van der Waals surface area contributed by atoms with Crippen molar-refractivity contribution in [3.63, 3.8) is 0 Å². The Balaban J connectivity index is 3.20. The highest BCUT2D eigenvalue weighted by molar-refractivity contribution is 6.36. The van der Waals surface area contributed by atoms with Crippen molar-refractivity contribution in [2.24, 2.45) is 0 Å². The summed E-state index contributed by atoms with van der Waals surface area (Å²) in [5, 5.41) is 0.372. The molecule has 0 spiro atoms. The molecule has 1 N–H and O–H groups in total. The summed E-state index contributed by atoms with van der Waals surface area (Å²) in [5.74, 6) is 2.54. The third-order valence-electron chi connectivity index (χ3n) is 0.654. The number of rotatable bonds is 2. The molecule has 0 rings (SSSR count). The molecule has 9 heavy (non-hydrogen) atoms. The van der Waals surface area contributed by atoms with Crippen LogP contribution >= 0.6 is 0 Å². The van der Waals surface area contributed by atoms with Crippen LogP contribution in [0.4, 0.5) is 0 Å². The summed E-state index contributed by atoms with van der Waals surface area (Å²) in [6, 6.07) is 0. The standard InChI is InChI=1S/C7H13NSi/c1-5-6-8-9-7(2,3)4/h1,8H,6H2,2-4H3. The Kier molecular flexibility index (Phi) is 3.60. The van der Waals surface area contributed by atoms with E-state index < -0.39 is 0 Å². The first-order valence-corrected chi connectivity index (χ1v) is 4.00. The average molecular weight is 139 g/mol. The molecule has 0 heterocycles. The number of hydrogen-bond donors (Lipinski definition) is 1. The molecule has 0 unspecified atom stereocenters. The van der Waals surface area contributed by atoms with Gasteiger partial charge in [-0.15, -0.1) is 6.42 Å². The molecule has 0 amide bonds. The van der Waals surface area contributed by atoms with Crippen LogP contribution in [-0.2, 0) is 0 Å². The fourth-order valence-electron chi connectivity index (χ4n) is 0.360. The molecular formula is C7H13NSi. The summed E-state index contributed by atoms with van der Waals surface area (Å²) in [6.45, 7) is 7.26. The highest BCUT2D eigenvalue weighted by Crippen LogP contribution is 2.17. The van der Waals surface area contributed by atoms with E-state index in [1.807, 2.05) is 0 Å². The van der Waals surface area contributed by atoms with Crippen molar-refractivity contribution in [2.75, 3.05) is 6.54 Å². The van der Waals surface area contributed by atoms with Crippen molar-refractivity contribution in [3.8, 4) is 12.3 Å². The molecule has 0 aromatic carbocycles. The third kappa shape index (κ3) is 7.74. The lowest BCUT2D eigenvalue weighted by atomic mass is 10.3. The van der Waals surface area contributed by atoms with E-state index in [4.69, 9.17) is 6.42 Å². The van der Waals surface area contributed by atoms with E-state index in [0.717, 1.165) is 9.68 Å². The van der Waals surface area contributed by atoms with Gasteiger partial charge in [0.05, 0.1) is 6.54 Å². The van der Waals surface area contributed by atoms with Gasteiger partial charge in [-0.2, -0.15) is 0 Å². The van der Waals surface area contributed by atoms with Crippen LogP contribution < -0.4 is 4.98 Å². The monoisotopic (exact) mass is 139 g/mol. The van der Waals surface area contributed by atoms with Gasteiger partial charge in [-0.05, 0) is 5.04 Å². The quantitative estimate of drug-likeness (QED) is 0.342. The summed E-state index contributed by atoms with van der Waals surface area (Å²) in [5.41, 5.74) is 0. The molecule has 0 atom stereocenters. The van der Waals surface area contributed by atoms with E-state index in [9.17, 15) is 0 Å². The smallest absolute Gasteiger partial charge is 0.145 e. The van der Waals surface area contributed by atoms with Gasteiger partial charge in [0.2, 0.25) is 0 Å². The molecule has 0 aromatic rings. The van der Waals surface area contributed by atoms with E-state index in [0.29, 0.717) is 11.6 Å². The van der Waals surface area contributed by atoms with Gasteiger partial charge in [-0.3, -0.25) is 0 Å². The second kappa shape index (κ2) is 3.70. The summed E-state index contributed by atoms with van der Waals surface area (Å²) in [6.07, 6.45) is 5.05. The minimum absolute atomic E-state index is 0.372. The van der Waals surface area contributed by atoms with Crippen molar-refractivity contribution < 1.29 is 0 Å². The lowest BCUT2D eigenvalue weighted by molar-refractivity contribution is 0.736. The summed E-state index contributed by atoms with van der Waals surface area (Å²) < 4.78 is 0. The molecule has 0 saturated carbocycles. The molecule has 0 bridgehead atoms. The Bertz CT molecular complexity index is 107. The van der Waals surface area contributed by atoms with Gasteiger partial charge in [0.1, 0.15) is 9.68 Å². The molecule has 1 nitrogen and oxygen atoms in total. The maximum absolute atomic E-state index is 5.05. The largest absolute Gasteiger partial charge is 0.329 e. The van der Waals surface area contributed by atoms with Crippen LogP contribution in [0.3, 0.4) is 0 Å². The SMILES string of the molecule is C#CCN[Si]C(C)(C)C. The maximum Gasteiger partial charge on any atom is 0.145 e. The second-order valence-electron chi connectivity index (χ2n) is 2.93. The molecule has 2 heteroatoms. The van der Waals surface area contributed by atoms with Crippen LogP contribution in [0.1, 0.15) is 20.8 Å². The number of terminal acetylenes is 1. The Hall–Kier alpha value is -0.263. The Morgan fingerprint density at radius 3 is 2.44 bits per heavy atom. The van der Waals surface area contributed by atoms with Crippen LogP contribution in [0.25, 0.3) is 0 Å². The van der Waals surface area contributed by atoms with Crippen LogP contribution in [0.15, 0.2) is 0 Å². The number of nitrogens with one attached hydrogen (secondary N) is 1. The maximum atomic E-state index is 5.05. The van der Waals surface area contributed by atoms with Crippen molar-refractivity contribution in [3.05, 3.63) is 0 Å². The zero-order chi connectivity index (χ0) is 7.33. The lowest BCUT2D eigenvalue weighted by Gasteiger charge is -2.15. The Morgan fingerprint density at radius 1 is 1.56 bits per heavy atom. The normalized spacial score (nSPS) is 10.9. The molecule has 2 radical (unpaired) electrons. The Morgan fingerprint density at radius 2 is 2.11 bits per heavy atom. The molecule has 0 aliphatic carbocycles. The molecular weight excluding hydrogens is 126 g/mol. The predicted molar refractivity (Wildman–Crippen MR) is 42.3 cm³/mol.